The zero-order valence-electron chi connectivity index (χ0n) is 9.11. The Balaban J connectivity index is 2.91. The average Bonchev–Trinajstić information content (AvgIpc) is 2.15. The van der Waals surface area contributed by atoms with Crippen LogP contribution in [0.2, 0.25) is 0 Å². The lowest BCUT2D eigenvalue weighted by atomic mass is 10.1. The van der Waals surface area contributed by atoms with Gasteiger partial charge in [0, 0.05) is 5.69 Å². The number of rotatable bonds is 3. The van der Waals surface area contributed by atoms with E-state index in [2.05, 4.69) is 4.72 Å². The van der Waals surface area contributed by atoms with Gasteiger partial charge in [0.25, 0.3) is 0 Å². The Hall–Kier alpha value is -1.29. The summed E-state index contributed by atoms with van der Waals surface area (Å²) in [6.45, 7) is 3.98. The van der Waals surface area contributed by atoms with Gasteiger partial charge in [0.05, 0.1) is 6.26 Å². The number of allylic oxidation sites excluding steroid dienone is 2. The van der Waals surface area contributed by atoms with Gasteiger partial charge in [-0.15, -0.1) is 0 Å². The topological polar surface area (TPSA) is 46.2 Å². The smallest absolute Gasteiger partial charge is 0.229 e. The van der Waals surface area contributed by atoms with Crippen molar-refractivity contribution in [1.29, 1.82) is 0 Å². The maximum atomic E-state index is 11.0. The van der Waals surface area contributed by atoms with E-state index in [0.29, 0.717) is 5.69 Å². The lowest BCUT2D eigenvalue weighted by molar-refractivity contribution is 0.607. The van der Waals surface area contributed by atoms with E-state index >= 15 is 0 Å². The summed E-state index contributed by atoms with van der Waals surface area (Å²) in [6.07, 6.45) is 3.15. The van der Waals surface area contributed by atoms with E-state index in [-0.39, 0.29) is 0 Å². The second-order valence-corrected chi connectivity index (χ2v) is 5.17. The summed E-state index contributed by atoms with van der Waals surface area (Å²) in [5.74, 6) is 0. The molecule has 15 heavy (non-hydrogen) atoms. The number of sulfonamides is 1. The van der Waals surface area contributed by atoms with Gasteiger partial charge in [0.2, 0.25) is 10.0 Å². The van der Waals surface area contributed by atoms with Crippen LogP contribution >= 0.6 is 0 Å². The van der Waals surface area contributed by atoms with Gasteiger partial charge in [-0.3, -0.25) is 4.72 Å². The maximum absolute atomic E-state index is 11.0. The minimum atomic E-state index is -3.18. The Bertz CT molecular complexity index is 458. The quantitative estimate of drug-likeness (QED) is 0.859. The Morgan fingerprint density at radius 3 is 2.20 bits per heavy atom. The first-order chi connectivity index (χ1) is 6.92. The van der Waals surface area contributed by atoms with Crippen LogP contribution in [0.25, 0.3) is 5.57 Å². The fourth-order valence-electron chi connectivity index (χ4n) is 1.18. The first kappa shape index (κ1) is 11.8. The van der Waals surface area contributed by atoms with E-state index in [4.69, 9.17) is 0 Å². The molecule has 82 valence electrons. The van der Waals surface area contributed by atoms with Crippen molar-refractivity contribution >= 4 is 21.3 Å². The summed E-state index contributed by atoms with van der Waals surface area (Å²) < 4.78 is 24.3. The molecule has 0 bridgehead atoms. The SMILES string of the molecule is C/C=C(\C)c1ccc(NS(C)(=O)=O)cc1. The fourth-order valence-corrected chi connectivity index (χ4v) is 1.75. The lowest BCUT2D eigenvalue weighted by Crippen LogP contribution is -2.09. The van der Waals surface area contributed by atoms with Gasteiger partial charge in [-0.1, -0.05) is 18.2 Å². The highest BCUT2D eigenvalue weighted by Crippen LogP contribution is 2.17. The molecule has 3 nitrogen and oxygen atoms in total. The third kappa shape index (κ3) is 3.75. The monoisotopic (exact) mass is 225 g/mol. The van der Waals surface area contributed by atoms with Crippen LogP contribution in [0.3, 0.4) is 0 Å². The molecule has 1 aromatic rings. The van der Waals surface area contributed by atoms with Crippen LogP contribution in [0.15, 0.2) is 30.3 Å². The summed E-state index contributed by atoms with van der Waals surface area (Å²) in [6, 6.07) is 7.29. The van der Waals surface area contributed by atoms with Crippen molar-refractivity contribution in [3.8, 4) is 0 Å². The molecule has 0 fully saturated rings. The third-order valence-corrected chi connectivity index (χ3v) is 2.68. The third-order valence-electron chi connectivity index (χ3n) is 2.08. The first-order valence-corrected chi connectivity index (χ1v) is 6.52. The molecule has 1 aromatic carbocycles. The average molecular weight is 225 g/mol. The second kappa shape index (κ2) is 4.49. The number of anilines is 1. The molecule has 0 saturated carbocycles. The van der Waals surface area contributed by atoms with Crippen LogP contribution in [0.5, 0.6) is 0 Å². The molecule has 0 aliphatic rings. The van der Waals surface area contributed by atoms with Crippen molar-refractivity contribution in [3.63, 3.8) is 0 Å². The molecule has 4 heteroatoms. The molecule has 0 radical (unpaired) electrons. The van der Waals surface area contributed by atoms with Crippen LogP contribution in [-0.4, -0.2) is 14.7 Å². The van der Waals surface area contributed by atoms with Gasteiger partial charge < -0.3 is 0 Å². The van der Waals surface area contributed by atoms with Crippen molar-refractivity contribution in [1.82, 2.24) is 0 Å². The van der Waals surface area contributed by atoms with E-state index in [0.717, 1.165) is 11.8 Å². The Morgan fingerprint density at radius 1 is 1.27 bits per heavy atom. The van der Waals surface area contributed by atoms with Gasteiger partial charge in [0.1, 0.15) is 0 Å². The summed E-state index contributed by atoms with van der Waals surface area (Å²) >= 11 is 0. The van der Waals surface area contributed by atoms with Crippen molar-refractivity contribution in [3.05, 3.63) is 35.9 Å². The van der Waals surface area contributed by atoms with Crippen molar-refractivity contribution in [2.75, 3.05) is 11.0 Å². The summed E-state index contributed by atoms with van der Waals surface area (Å²) in [5.41, 5.74) is 2.85. The van der Waals surface area contributed by atoms with Crippen LogP contribution in [0, 0.1) is 0 Å². The van der Waals surface area contributed by atoms with E-state index in [9.17, 15) is 8.42 Å². The molecule has 0 aliphatic heterocycles. The minimum absolute atomic E-state index is 0.588. The molecule has 0 aliphatic carbocycles. The van der Waals surface area contributed by atoms with E-state index in [1.165, 1.54) is 5.57 Å². The normalized spacial score (nSPS) is 12.6. The van der Waals surface area contributed by atoms with E-state index in [1.54, 1.807) is 12.1 Å². The van der Waals surface area contributed by atoms with Crippen LogP contribution in [0.4, 0.5) is 5.69 Å². The molecule has 0 saturated heterocycles. The Labute approximate surface area is 90.9 Å². The Kier molecular flexibility index (Phi) is 3.52. The zero-order valence-corrected chi connectivity index (χ0v) is 9.93. The number of hydrogen-bond acceptors (Lipinski definition) is 2. The minimum Gasteiger partial charge on any atom is -0.284 e. The molecule has 0 heterocycles. The van der Waals surface area contributed by atoms with E-state index in [1.807, 2.05) is 32.1 Å². The number of hydrogen-bond donors (Lipinski definition) is 1. The largest absolute Gasteiger partial charge is 0.284 e. The van der Waals surface area contributed by atoms with Crippen LogP contribution in [0.1, 0.15) is 19.4 Å². The van der Waals surface area contributed by atoms with Gasteiger partial charge in [-0.05, 0) is 37.1 Å². The second-order valence-electron chi connectivity index (χ2n) is 3.42. The predicted molar refractivity (Wildman–Crippen MR) is 64.2 cm³/mol. The highest BCUT2D eigenvalue weighted by Gasteiger charge is 2.01. The number of nitrogens with one attached hydrogen (secondary N) is 1. The fraction of sp³-hybridized carbons (Fsp3) is 0.273. The molecular weight excluding hydrogens is 210 g/mol. The Morgan fingerprint density at radius 2 is 1.80 bits per heavy atom. The van der Waals surface area contributed by atoms with Crippen LogP contribution in [-0.2, 0) is 10.0 Å². The van der Waals surface area contributed by atoms with E-state index < -0.39 is 10.0 Å². The van der Waals surface area contributed by atoms with Crippen LogP contribution < -0.4 is 4.72 Å². The lowest BCUT2D eigenvalue weighted by Gasteiger charge is -2.05. The van der Waals surface area contributed by atoms with Crippen molar-refractivity contribution in [2.45, 2.75) is 13.8 Å². The van der Waals surface area contributed by atoms with Crippen molar-refractivity contribution in [2.24, 2.45) is 0 Å². The highest BCUT2D eigenvalue weighted by molar-refractivity contribution is 7.92. The zero-order chi connectivity index (χ0) is 11.5. The van der Waals surface area contributed by atoms with Crippen molar-refractivity contribution < 1.29 is 8.42 Å². The highest BCUT2D eigenvalue weighted by atomic mass is 32.2. The molecule has 0 aromatic heterocycles. The number of benzene rings is 1. The summed E-state index contributed by atoms with van der Waals surface area (Å²) in [7, 11) is -3.18. The molecule has 1 rings (SSSR count). The molecule has 1 N–H and O–H groups in total. The van der Waals surface area contributed by atoms with Gasteiger partial charge in [0.15, 0.2) is 0 Å². The molecule has 0 atom stereocenters. The van der Waals surface area contributed by atoms with Gasteiger partial charge >= 0.3 is 0 Å². The molecule has 0 unspecified atom stereocenters. The van der Waals surface area contributed by atoms with Gasteiger partial charge in [-0.2, -0.15) is 0 Å². The molecule has 0 spiro atoms. The first-order valence-electron chi connectivity index (χ1n) is 4.63. The summed E-state index contributed by atoms with van der Waals surface area (Å²) in [5, 5.41) is 0. The predicted octanol–water partition coefficient (Wildman–Crippen LogP) is 2.48. The summed E-state index contributed by atoms with van der Waals surface area (Å²) in [4.78, 5) is 0. The maximum Gasteiger partial charge on any atom is 0.229 e. The van der Waals surface area contributed by atoms with Gasteiger partial charge in [-0.25, -0.2) is 8.42 Å². The standard InChI is InChI=1S/C11H15NO2S/c1-4-9(2)10-5-7-11(8-6-10)12-15(3,13)14/h4-8,12H,1-3H3/b9-4+. The molecular formula is C11H15NO2S. The molecule has 0 amide bonds.